The average Bonchev–Trinajstić information content (AvgIpc) is 2.54. The molecule has 2 aromatic rings. The van der Waals surface area contributed by atoms with Crippen molar-refractivity contribution >= 4 is 11.8 Å². The number of rotatable bonds is 5. The van der Waals surface area contributed by atoms with Crippen LogP contribution in [0.15, 0.2) is 48.5 Å². The van der Waals surface area contributed by atoms with E-state index >= 15 is 0 Å². The summed E-state index contributed by atoms with van der Waals surface area (Å²) >= 11 is 0. The lowest BCUT2D eigenvalue weighted by atomic mass is 10.1. The van der Waals surface area contributed by atoms with Crippen LogP contribution in [0.25, 0.3) is 0 Å². The van der Waals surface area contributed by atoms with Crippen LogP contribution in [-0.2, 0) is 11.3 Å². The molecule has 4 nitrogen and oxygen atoms in total. The van der Waals surface area contributed by atoms with Gasteiger partial charge in [-0.1, -0.05) is 12.1 Å². The van der Waals surface area contributed by atoms with Crippen molar-refractivity contribution in [2.45, 2.75) is 19.6 Å². The Hall–Kier alpha value is -2.53. The number of carbonyl (C=O) groups excluding carboxylic acids is 2. The second kappa shape index (κ2) is 6.95. The number of aliphatic hydroxyl groups is 1. The van der Waals surface area contributed by atoms with E-state index in [2.05, 4.69) is 0 Å². The number of carbonyl (C=O) groups is 2. The molecule has 0 aliphatic carbocycles. The molecular formula is C17H15FO4. The van der Waals surface area contributed by atoms with Crippen molar-refractivity contribution in [1.29, 1.82) is 0 Å². The summed E-state index contributed by atoms with van der Waals surface area (Å²) in [6.45, 7) is 1.35. The van der Waals surface area contributed by atoms with E-state index < -0.39 is 23.7 Å². The molecule has 0 aliphatic heterocycles. The van der Waals surface area contributed by atoms with Gasteiger partial charge in [0, 0.05) is 5.56 Å². The van der Waals surface area contributed by atoms with E-state index in [9.17, 15) is 14.0 Å². The van der Waals surface area contributed by atoms with Gasteiger partial charge < -0.3 is 9.84 Å². The van der Waals surface area contributed by atoms with Crippen LogP contribution in [0.3, 0.4) is 0 Å². The summed E-state index contributed by atoms with van der Waals surface area (Å²) in [7, 11) is 0. The van der Waals surface area contributed by atoms with E-state index in [1.54, 1.807) is 12.1 Å². The van der Waals surface area contributed by atoms with Gasteiger partial charge in [-0.25, -0.2) is 9.18 Å². The highest BCUT2D eigenvalue weighted by atomic mass is 19.1. The fourth-order valence-corrected chi connectivity index (χ4v) is 1.88. The van der Waals surface area contributed by atoms with Gasteiger partial charge in [-0.3, -0.25) is 4.79 Å². The Labute approximate surface area is 127 Å². The molecule has 0 saturated carbocycles. The number of halogens is 1. The van der Waals surface area contributed by atoms with Gasteiger partial charge in [-0.2, -0.15) is 0 Å². The van der Waals surface area contributed by atoms with Crippen LogP contribution in [0, 0.1) is 5.82 Å². The van der Waals surface area contributed by atoms with Gasteiger partial charge in [0.05, 0.1) is 12.2 Å². The predicted molar refractivity (Wildman–Crippen MR) is 78.0 cm³/mol. The summed E-state index contributed by atoms with van der Waals surface area (Å²) in [5, 5.41) is 8.94. The SMILES string of the molecule is C[C@H](OC(=O)c1ccc(CO)cc1)C(=O)c1ccc(F)cc1. The zero-order valence-electron chi connectivity index (χ0n) is 12.0. The Balaban J connectivity index is 2.03. The fraction of sp³-hybridized carbons (Fsp3) is 0.176. The molecular weight excluding hydrogens is 287 g/mol. The Bertz CT molecular complexity index is 662. The van der Waals surface area contributed by atoms with Gasteiger partial charge in [-0.05, 0) is 48.9 Å². The zero-order valence-corrected chi connectivity index (χ0v) is 12.0. The van der Waals surface area contributed by atoms with E-state index in [1.807, 2.05) is 0 Å². The molecule has 0 aliphatic rings. The molecule has 0 radical (unpaired) electrons. The maximum absolute atomic E-state index is 12.8. The molecule has 0 fully saturated rings. The largest absolute Gasteiger partial charge is 0.451 e. The highest BCUT2D eigenvalue weighted by molar-refractivity contribution is 6.01. The van der Waals surface area contributed by atoms with E-state index in [0.29, 0.717) is 5.56 Å². The minimum atomic E-state index is -0.976. The first-order chi connectivity index (χ1) is 10.5. The molecule has 2 aromatic carbocycles. The molecule has 114 valence electrons. The third-order valence-electron chi connectivity index (χ3n) is 3.15. The third kappa shape index (κ3) is 3.77. The monoisotopic (exact) mass is 302 g/mol. The average molecular weight is 302 g/mol. The number of benzene rings is 2. The molecule has 0 bridgehead atoms. The molecule has 22 heavy (non-hydrogen) atoms. The number of aliphatic hydroxyl groups excluding tert-OH is 1. The van der Waals surface area contributed by atoms with Crippen LogP contribution in [0.5, 0.6) is 0 Å². The number of hydrogen-bond donors (Lipinski definition) is 1. The molecule has 0 amide bonds. The number of Topliss-reactive ketones (excluding diaryl/α,β-unsaturated/α-hetero) is 1. The van der Waals surface area contributed by atoms with E-state index in [1.165, 1.54) is 43.3 Å². The maximum Gasteiger partial charge on any atom is 0.338 e. The Morgan fingerprint density at radius 3 is 2.14 bits per heavy atom. The first kappa shape index (κ1) is 15.9. The topological polar surface area (TPSA) is 63.6 Å². The minimum Gasteiger partial charge on any atom is -0.451 e. The standard InChI is InChI=1S/C17H15FO4/c1-11(16(20)13-6-8-15(18)9-7-13)22-17(21)14-4-2-12(10-19)3-5-14/h2-9,11,19H,10H2,1H3/t11-/m0/s1. The second-order valence-electron chi connectivity index (χ2n) is 4.77. The highest BCUT2D eigenvalue weighted by Crippen LogP contribution is 2.11. The lowest BCUT2D eigenvalue weighted by Crippen LogP contribution is -2.24. The Morgan fingerprint density at radius 2 is 1.59 bits per heavy atom. The molecule has 0 aromatic heterocycles. The summed E-state index contributed by atoms with van der Waals surface area (Å²) in [5.41, 5.74) is 1.24. The first-order valence-corrected chi connectivity index (χ1v) is 6.72. The smallest absolute Gasteiger partial charge is 0.338 e. The van der Waals surface area contributed by atoms with Crippen molar-refractivity contribution in [3.8, 4) is 0 Å². The lowest BCUT2D eigenvalue weighted by molar-refractivity contribution is 0.0318. The quantitative estimate of drug-likeness (QED) is 0.681. The van der Waals surface area contributed by atoms with Crippen molar-refractivity contribution < 1.29 is 23.8 Å². The number of ketones is 1. The summed E-state index contributed by atoms with van der Waals surface area (Å²) in [4.78, 5) is 24.0. The second-order valence-corrected chi connectivity index (χ2v) is 4.77. The Kier molecular flexibility index (Phi) is 5.01. The van der Waals surface area contributed by atoms with Crippen LogP contribution in [0.1, 0.15) is 33.2 Å². The van der Waals surface area contributed by atoms with Crippen molar-refractivity contribution in [1.82, 2.24) is 0 Å². The first-order valence-electron chi connectivity index (χ1n) is 6.72. The molecule has 1 atom stereocenters. The molecule has 5 heteroatoms. The summed E-state index contributed by atoms with van der Waals surface area (Å²) < 4.78 is 17.9. The third-order valence-corrected chi connectivity index (χ3v) is 3.15. The summed E-state index contributed by atoms with van der Waals surface area (Å²) in [6.07, 6.45) is -0.976. The van der Waals surface area contributed by atoms with Crippen molar-refractivity contribution in [3.05, 3.63) is 71.0 Å². The van der Waals surface area contributed by atoms with Gasteiger partial charge >= 0.3 is 5.97 Å². The van der Waals surface area contributed by atoms with Crippen LogP contribution in [0.2, 0.25) is 0 Å². The Morgan fingerprint density at radius 1 is 1.05 bits per heavy atom. The number of ether oxygens (including phenoxy) is 1. The highest BCUT2D eigenvalue weighted by Gasteiger charge is 2.20. The molecule has 0 spiro atoms. The molecule has 0 heterocycles. The van der Waals surface area contributed by atoms with E-state index in [4.69, 9.17) is 9.84 Å². The number of hydrogen-bond acceptors (Lipinski definition) is 4. The van der Waals surface area contributed by atoms with Gasteiger partial charge in [-0.15, -0.1) is 0 Å². The maximum atomic E-state index is 12.8. The molecule has 0 saturated heterocycles. The summed E-state index contributed by atoms with van der Waals surface area (Å²) in [6, 6.07) is 11.3. The van der Waals surface area contributed by atoms with Gasteiger partial charge in [0.25, 0.3) is 0 Å². The summed E-state index contributed by atoms with van der Waals surface area (Å²) in [5.74, 6) is -1.47. The van der Waals surface area contributed by atoms with Gasteiger partial charge in [0.15, 0.2) is 6.10 Å². The molecule has 0 unspecified atom stereocenters. The minimum absolute atomic E-state index is 0.116. The van der Waals surface area contributed by atoms with Crippen LogP contribution in [-0.4, -0.2) is 23.0 Å². The number of esters is 1. The van der Waals surface area contributed by atoms with Gasteiger partial charge in [0.1, 0.15) is 5.82 Å². The molecule has 2 rings (SSSR count). The lowest BCUT2D eigenvalue weighted by Gasteiger charge is -2.12. The van der Waals surface area contributed by atoms with E-state index in [-0.39, 0.29) is 17.7 Å². The normalized spacial score (nSPS) is 11.8. The van der Waals surface area contributed by atoms with Gasteiger partial charge in [0.2, 0.25) is 5.78 Å². The van der Waals surface area contributed by atoms with E-state index in [0.717, 1.165) is 0 Å². The van der Waals surface area contributed by atoms with Crippen molar-refractivity contribution in [3.63, 3.8) is 0 Å². The zero-order chi connectivity index (χ0) is 16.1. The van der Waals surface area contributed by atoms with Crippen LogP contribution in [0.4, 0.5) is 4.39 Å². The van der Waals surface area contributed by atoms with Crippen LogP contribution >= 0.6 is 0 Å². The predicted octanol–water partition coefficient (Wildman–Crippen LogP) is 2.75. The van der Waals surface area contributed by atoms with Crippen molar-refractivity contribution in [2.75, 3.05) is 0 Å². The van der Waals surface area contributed by atoms with Crippen molar-refractivity contribution in [2.24, 2.45) is 0 Å². The fourth-order valence-electron chi connectivity index (χ4n) is 1.88. The molecule has 1 N–H and O–H groups in total. The van der Waals surface area contributed by atoms with Crippen LogP contribution < -0.4 is 0 Å².